The molecule has 5 rings (SSSR count). The van der Waals surface area contributed by atoms with Crippen LogP contribution in [0.1, 0.15) is 55.6 Å². The number of nitro groups is 1. The van der Waals surface area contributed by atoms with E-state index in [0.717, 1.165) is 6.07 Å². The summed E-state index contributed by atoms with van der Waals surface area (Å²) in [4.78, 5) is 36.6. The van der Waals surface area contributed by atoms with Crippen molar-refractivity contribution in [1.82, 2.24) is 0 Å². The summed E-state index contributed by atoms with van der Waals surface area (Å²) in [6.07, 6.45) is -1.58. The Balaban J connectivity index is 1.58. The number of Topliss-reactive ketones (excluding diaryl/α,β-unsaturated/α-hetero) is 2. The van der Waals surface area contributed by atoms with Gasteiger partial charge in [-0.1, -0.05) is 0 Å². The molecule has 38 heavy (non-hydrogen) atoms. The zero-order valence-corrected chi connectivity index (χ0v) is 22.7. The Morgan fingerprint density at radius 2 is 1.47 bits per heavy atom. The zero-order chi connectivity index (χ0) is 27.4. The Kier molecular flexibility index (Phi) is 6.97. The topological polar surface area (TPSA) is 95.7 Å². The third-order valence-corrected chi connectivity index (χ3v) is 7.87. The van der Waals surface area contributed by atoms with Crippen LogP contribution in [-0.2, 0) is 20.5 Å². The zero-order valence-electron chi connectivity index (χ0n) is 19.5. The van der Waals surface area contributed by atoms with Crippen LogP contribution in [0, 0.1) is 10.1 Å². The second kappa shape index (κ2) is 9.96. The van der Waals surface area contributed by atoms with Gasteiger partial charge in [0.25, 0.3) is 0 Å². The van der Waals surface area contributed by atoms with E-state index in [0.29, 0.717) is 87.8 Å². The number of benzene rings is 2. The van der Waals surface area contributed by atoms with Gasteiger partial charge < -0.3 is 9.47 Å². The number of ether oxygens (including phenoxy) is 2. The molecule has 1 heterocycles. The van der Waals surface area contributed by atoms with Crippen LogP contribution in [0.25, 0.3) is 0 Å². The van der Waals surface area contributed by atoms with E-state index < -0.39 is 28.3 Å². The number of allylic oxidation sites excluding steroid dienone is 4. The van der Waals surface area contributed by atoms with Crippen LogP contribution in [0.4, 0.5) is 18.9 Å². The number of alkyl halides is 3. The Morgan fingerprint density at radius 3 is 1.97 bits per heavy atom. The van der Waals surface area contributed by atoms with Crippen LogP contribution in [0.2, 0.25) is 0 Å². The highest BCUT2D eigenvalue weighted by molar-refractivity contribution is 9.11. The molecule has 0 aromatic heterocycles. The summed E-state index contributed by atoms with van der Waals surface area (Å²) < 4.78 is 51.7. The van der Waals surface area contributed by atoms with E-state index in [-0.39, 0.29) is 23.1 Å². The molecule has 7 nitrogen and oxygen atoms in total. The number of carbonyl (C=O) groups is 2. The van der Waals surface area contributed by atoms with Crippen molar-refractivity contribution in [3.8, 4) is 11.5 Å². The molecule has 3 aliphatic rings. The van der Waals surface area contributed by atoms with E-state index in [4.69, 9.17) is 9.47 Å². The molecule has 0 saturated carbocycles. The number of hydrogen-bond donors (Lipinski definition) is 0. The molecule has 0 radical (unpaired) electrons. The molecule has 198 valence electrons. The van der Waals surface area contributed by atoms with E-state index >= 15 is 0 Å². The fourth-order valence-corrected chi connectivity index (χ4v) is 6.41. The minimum Gasteiger partial charge on any atom is -0.465 e. The normalized spacial score (nSPS) is 18.2. The third-order valence-electron chi connectivity index (χ3n) is 6.69. The van der Waals surface area contributed by atoms with Crippen molar-refractivity contribution in [2.75, 3.05) is 0 Å². The smallest absolute Gasteiger partial charge is 0.416 e. The molecular formula is C26H18Br2F3NO6. The lowest BCUT2D eigenvalue weighted by molar-refractivity contribution is -0.385. The van der Waals surface area contributed by atoms with Crippen molar-refractivity contribution < 1.29 is 37.2 Å². The van der Waals surface area contributed by atoms with Gasteiger partial charge >= 0.3 is 11.9 Å². The quantitative estimate of drug-likeness (QED) is 0.244. The maximum absolute atomic E-state index is 13.1. The average Bonchev–Trinajstić information content (AvgIpc) is 2.84. The second-order valence-electron chi connectivity index (χ2n) is 9.12. The summed E-state index contributed by atoms with van der Waals surface area (Å²) in [5.41, 5.74) is -0.511. The molecule has 12 heteroatoms. The van der Waals surface area contributed by atoms with Crippen molar-refractivity contribution in [1.29, 1.82) is 0 Å². The summed E-state index contributed by atoms with van der Waals surface area (Å²) in [5.74, 6) is 0.0279. The van der Waals surface area contributed by atoms with Gasteiger partial charge in [-0.25, -0.2) is 0 Å². The molecule has 0 atom stereocenters. The molecule has 0 amide bonds. The summed E-state index contributed by atoms with van der Waals surface area (Å²) in [5, 5.41) is 11.5. The summed E-state index contributed by atoms with van der Waals surface area (Å²) in [7, 11) is 0. The summed E-state index contributed by atoms with van der Waals surface area (Å²) in [6.45, 7) is 0. The maximum Gasteiger partial charge on any atom is 0.416 e. The number of nitrogens with zero attached hydrogens (tertiary/aromatic N) is 1. The highest BCUT2D eigenvalue weighted by atomic mass is 79.9. The van der Waals surface area contributed by atoms with Crippen molar-refractivity contribution in [2.24, 2.45) is 0 Å². The Hall–Kier alpha value is -2.99. The van der Waals surface area contributed by atoms with E-state index in [1.165, 1.54) is 0 Å². The van der Waals surface area contributed by atoms with Crippen LogP contribution in [0.5, 0.6) is 11.5 Å². The number of carbonyl (C=O) groups excluding carboxylic acids is 2. The highest BCUT2D eigenvalue weighted by Crippen LogP contribution is 2.50. The predicted molar refractivity (Wildman–Crippen MR) is 136 cm³/mol. The van der Waals surface area contributed by atoms with Gasteiger partial charge in [0.1, 0.15) is 11.5 Å². The van der Waals surface area contributed by atoms with Crippen LogP contribution in [-0.4, -0.2) is 16.5 Å². The van der Waals surface area contributed by atoms with Gasteiger partial charge in [-0.15, -0.1) is 0 Å². The fourth-order valence-electron chi connectivity index (χ4n) is 5.03. The SMILES string of the molecule is O=C1CCCC2=C1C(c1cc(Br)c(Oc3ccc(C(F)(F)F)cc3[N+](=O)[O-])c(Br)c1)C1=C(CCCC1=O)O2. The van der Waals surface area contributed by atoms with Crippen molar-refractivity contribution in [2.45, 2.75) is 50.6 Å². The largest absolute Gasteiger partial charge is 0.465 e. The van der Waals surface area contributed by atoms with Crippen molar-refractivity contribution >= 4 is 49.1 Å². The number of halogens is 5. The molecule has 2 aromatic rings. The number of hydrogen-bond acceptors (Lipinski definition) is 6. The molecule has 0 spiro atoms. The van der Waals surface area contributed by atoms with Crippen LogP contribution < -0.4 is 4.74 Å². The summed E-state index contributed by atoms with van der Waals surface area (Å²) >= 11 is 6.80. The molecule has 1 aliphatic heterocycles. The first-order chi connectivity index (χ1) is 18.0. The predicted octanol–water partition coefficient (Wildman–Crippen LogP) is 8.06. The van der Waals surface area contributed by atoms with Gasteiger partial charge in [0, 0.05) is 48.8 Å². The van der Waals surface area contributed by atoms with Gasteiger partial charge in [0.2, 0.25) is 5.75 Å². The van der Waals surface area contributed by atoms with E-state index in [9.17, 15) is 32.9 Å². The molecule has 0 saturated heterocycles. The van der Waals surface area contributed by atoms with Gasteiger partial charge in [0.15, 0.2) is 17.3 Å². The van der Waals surface area contributed by atoms with Crippen LogP contribution in [0.15, 0.2) is 61.9 Å². The third kappa shape index (κ3) is 4.79. The van der Waals surface area contributed by atoms with Crippen LogP contribution in [0.3, 0.4) is 0 Å². The minimum absolute atomic E-state index is 0.0806. The second-order valence-corrected chi connectivity index (χ2v) is 10.8. The number of nitro benzene ring substituents is 1. The minimum atomic E-state index is -4.76. The van der Waals surface area contributed by atoms with Gasteiger partial charge in [-0.3, -0.25) is 19.7 Å². The molecule has 0 fully saturated rings. The average molecular weight is 657 g/mol. The van der Waals surface area contributed by atoms with Gasteiger partial charge in [-0.05, 0) is 74.5 Å². The Bertz CT molecular complexity index is 1400. The first-order valence-corrected chi connectivity index (χ1v) is 13.3. The first-order valence-electron chi connectivity index (χ1n) is 11.7. The molecule has 2 aromatic carbocycles. The lowest BCUT2D eigenvalue weighted by Gasteiger charge is -2.36. The molecule has 0 unspecified atom stereocenters. The van der Waals surface area contributed by atoms with Gasteiger partial charge in [-0.2, -0.15) is 13.2 Å². The lowest BCUT2D eigenvalue weighted by atomic mass is 9.73. The monoisotopic (exact) mass is 655 g/mol. The molecule has 0 N–H and O–H groups in total. The Labute approximate surface area is 231 Å². The lowest BCUT2D eigenvalue weighted by Crippen LogP contribution is -2.30. The maximum atomic E-state index is 13.1. The number of rotatable bonds is 4. The van der Waals surface area contributed by atoms with E-state index in [1.807, 2.05) is 0 Å². The molecule has 0 bridgehead atoms. The van der Waals surface area contributed by atoms with E-state index in [2.05, 4.69) is 31.9 Å². The first kappa shape index (κ1) is 26.6. The van der Waals surface area contributed by atoms with Crippen LogP contribution >= 0.6 is 31.9 Å². The standard InChI is InChI=1S/C26H18Br2F3NO6/c27-14-9-12(22-23-17(33)3-1-5-20(23)37-21-6-2-4-18(34)24(21)22)10-15(28)25(14)38-19-8-7-13(26(29,30)31)11-16(19)32(35)36/h7-11,22H,1-6H2. The molecule has 2 aliphatic carbocycles. The molecular weight excluding hydrogens is 639 g/mol. The van der Waals surface area contributed by atoms with Gasteiger partial charge in [0.05, 0.1) is 19.4 Å². The fraction of sp³-hybridized carbons (Fsp3) is 0.308. The summed E-state index contributed by atoms with van der Waals surface area (Å²) in [6, 6.07) is 5.29. The Morgan fingerprint density at radius 1 is 0.921 bits per heavy atom. The highest BCUT2D eigenvalue weighted by Gasteiger charge is 2.42. The van der Waals surface area contributed by atoms with E-state index in [1.54, 1.807) is 12.1 Å². The van der Waals surface area contributed by atoms with Crippen molar-refractivity contribution in [3.05, 3.63) is 83.2 Å². The van der Waals surface area contributed by atoms with Crippen molar-refractivity contribution in [3.63, 3.8) is 0 Å². The number of ketones is 2.